The number of hydrogen-bond donors (Lipinski definition) is 0. The van der Waals surface area contributed by atoms with Crippen molar-refractivity contribution < 1.29 is 4.74 Å². The summed E-state index contributed by atoms with van der Waals surface area (Å²) in [5.41, 5.74) is 0.680. The molecular formula is C15H10Cl2N4O2S. The van der Waals surface area contributed by atoms with Gasteiger partial charge in [-0.25, -0.2) is 0 Å². The number of halogens is 2. The van der Waals surface area contributed by atoms with Crippen LogP contribution in [-0.4, -0.2) is 19.2 Å². The molecule has 0 fully saturated rings. The largest absolute Gasteiger partial charge is 0.485 e. The maximum atomic E-state index is 12.3. The lowest BCUT2D eigenvalue weighted by molar-refractivity contribution is 0.295. The van der Waals surface area contributed by atoms with Crippen LogP contribution in [0.5, 0.6) is 5.75 Å². The van der Waals surface area contributed by atoms with E-state index < -0.39 is 0 Å². The Balaban J connectivity index is 1.79. The van der Waals surface area contributed by atoms with E-state index in [-0.39, 0.29) is 12.2 Å². The van der Waals surface area contributed by atoms with Gasteiger partial charge in [0.25, 0.3) is 5.56 Å². The van der Waals surface area contributed by atoms with Gasteiger partial charge in [0, 0.05) is 17.1 Å². The molecule has 0 N–H and O–H groups in total. The maximum Gasteiger partial charge on any atom is 0.272 e. The number of aromatic nitrogens is 4. The second-order valence-corrected chi connectivity index (χ2v) is 6.93. The molecule has 3 heterocycles. The van der Waals surface area contributed by atoms with Gasteiger partial charge in [0.15, 0.2) is 5.82 Å². The van der Waals surface area contributed by atoms with Crippen LogP contribution in [0.3, 0.4) is 0 Å². The third-order valence-corrected chi connectivity index (χ3v) is 4.93. The molecule has 0 amide bonds. The molecule has 0 atom stereocenters. The fraction of sp³-hybridized carbons (Fsp3) is 0.133. The Morgan fingerprint density at radius 3 is 2.71 bits per heavy atom. The Morgan fingerprint density at radius 2 is 1.96 bits per heavy atom. The Labute approximate surface area is 149 Å². The topological polar surface area (TPSA) is 61.4 Å². The molecule has 4 rings (SSSR count). The van der Waals surface area contributed by atoms with E-state index in [2.05, 4.69) is 10.2 Å². The summed E-state index contributed by atoms with van der Waals surface area (Å²) in [4.78, 5) is 12.3. The minimum atomic E-state index is -0.0889. The van der Waals surface area contributed by atoms with Crippen molar-refractivity contribution in [3.8, 4) is 5.75 Å². The Kier molecular flexibility index (Phi) is 3.71. The van der Waals surface area contributed by atoms with Gasteiger partial charge < -0.3 is 4.74 Å². The molecule has 4 aromatic rings. The van der Waals surface area contributed by atoms with E-state index in [0.29, 0.717) is 32.1 Å². The molecule has 24 heavy (non-hydrogen) atoms. The Morgan fingerprint density at radius 1 is 1.21 bits per heavy atom. The molecule has 0 unspecified atom stereocenters. The highest BCUT2D eigenvalue weighted by Gasteiger charge is 2.16. The van der Waals surface area contributed by atoms with Crippen molar-refractivity contribution in [2.75, 3.05) is 0 Å². The summed E-state index contributed by atoms with van der Waals surface area (Å²) < 4.78 is 9.69. The highest BCUT2D eigenvalue weighted by atomic mass is 35.5. The lowest BCUT2D eigenvalue weighted by Gasteiger charge is -2.07. The fourth-order valence-corrected chi connectivity index (χ4v) is 3.86. The molecule has 0 spiro atoms. The quantitative estimate of drug-likeness (QED) is 0.545. The zero-order valence-corrected chi connectivity index (χ0v) is 14.7. The molecule has 0 radical (unpaired) electrons. The predicted molar refractivity (Wildman–Crippen MR) is 94.4 cm³/mol. The number of thiophene rings is 1. The SMILES string of the molecule is Cn1c(=O)c2sccc2n2c(COc3cc(Cl)cc(Cl)c3)nnc12. The van der Waals surface area contributed by atoms with Crippen LogP contribution in [0.2, 0.25) is 10.0 Å². The van der Waals surface area contributed by atoms with Gasteiger partial charge in [0.1, 0.15) is 17.1 Å². The van der Waals surface area contributed by atoms with Gasteiger partial charge in [-0.3, -0.25) is 13.8 Å². The highest BCUT2D eigenvalue weighted by molar-refractivity contribution is 7.17. The first-order valence-corrected chi connectivity index (χ1v) is 8.57. The van der Waals surface area contributed by atoms with Gasteiger partial charge in [-0.1, -0.05) is 23.2 Å². The normalized spacial score (nSPS) is 11.5. The zero-order valence-electron chi connectivity index (χ0n) is 12.4. The van der Waals surface area contributed by atoms with E-state index in [1.807, 2.05) is 15.8 Å². The van der Waals surface area contributed by atoms with E-state index in [1.54, 1.807) is 25.2 Å². The summed E-state index contributed by atoms with van der Waals surface area (Å²) in [5, 5.41) is 11.1. The van der Waals surface area contributed by atoms with Crippen molar-refractivity contribution in [1.82, 2.24) is 19.2 Å². The summed E-state index contributed by atoms with van der Waals surface area (Å²) in [5.74, 6) is 1.59. The van der Waals surface area contributed by atoms with Gasteiger partial charge in [-0.15, -0.1) is 21.5 Å². The van der Waals surface area contributed by atoms with Crippen molar-refractivity contribution >= 4 is 50.5 Å². The number of aryl methyl sites for hydroxylation is 1. The van der Waals surface area contributed by atoms with E-state index >= 15 is 0 Å². The number of ether oxygens (including phenoxy) is 1. The third kappa shape index (κ3) is 2.45. The predicted octanol–water partition coefficient (Wildman–Crippen LogP) is 3.53. The lowest BCUT2D eigenvalue weighted by Crippen LogP contribution is -2.19. The number of benzene rings is 1. The van der Waals surface area contributed by atoms with Gasteiger partial charge in [0.2, 0.25) is 5.78 Å². The van der Waals surface area contributed by atoms with Gasteiger partial charge in [0.05, 0.1) is 5.52 Å². The van der Waals surface area contributed by atoms with Crippen molar-refractivity contribution in [3.05, 3.63) is 55.9 Å². The van der Waals surface area contributed by atoms with E-state index in [4.69, 9.17) is 27.9 Å². The van der Waals surface area contributed by atoms with Gasteiger partial charge in [-0.05, 0) is 29.6 Å². The maximum absolute atomic E-state index is 12.3. The molecule has 3 aromatic heterocycles. The molecule has 0 bridgehead atoms. The highest BCUT2D eigenvalue weighted by Crippen LogP contribution is 2.25. The molecule has 6 nitrogen and oxygen atoms in total. The average Bonchev–Trinajstić information content (AvgIpc) is 3.16. The van der Waals surface area contributed by atoms with Crippen LogP contribution in [0, 0.1) is 0 Å². The zero-order chi connectivity index (χ0) is 16.8. The van der Waals surface area contributed by atoms with Crippen LogP contribution in [0.4, 0.5) is 0 Å². The molecule has 0 saturated carbocycles. The van der Waals surface area contributed by atoms with Crippen LogP contribution in [0.25, 0.3) is 16.0 Å². The number of fused-ring (bicyclic) bond motifs is 3. The minimum Gasteiger partial charge on any atom is -0.485 e. The molecule has 0 aliphatic rings. The van der Waals surface area contributed by atoms with Gasteiger partial charge in [-0.2, -0.15) is 0 Å². The monoisotopic (exact) mass is 380 g/mol. The summed E-state index contributed by atoms with van der Waals surface area (Å²) in [6, 6.07) is 6.85. The number of rotatable bonds is 3. The Bertz CT molecular complexity index is 1110. The average molecular weight is 381 g/mol. The van der Waals surface area contributed by atoms with Crippen LogP contribution in [0.15, 0.2) is 34.4 Å². The van der Waals surface area contributed by atoms with Crippen molar-refractivity contribution in [2.24, 2.45) is 7.05 Å². The lowest BCUT2D eigenvalue weighted by atomic mass is 10.3. The van der Waals surface area contributed by atoms with E-state index in [9.17, 15) is 4.79 Å². The van der Waals surface area contributed by atoms with E-state index in [0.717, 1.165) is 5.52 Å². The molecular weight excluding hydrogens is 371 g/mol. The van der Waals surface area contributed by atoms with Crippen LogP contribution < -0.4 is 10.3 Å². The van der Waals surface area contributed by atoms with Crippen molar-refractivity contribution in [2.45, 2.75) is 6.61 Å². The molecule has 9 heteroatoms. The first-order valence-electron chi connectivity index (χ1n) is 6.93. The minimum absolute atomic E-state index is 0.0889. The molecule has 0 aliphatic heterocycles. The van der Waals surface area contributed by atoms with Gasteiger partial charge >= 0.3 is 0 Å². The standard InChI is InChI=1S/C15H10Cl2N4O2S/c1-20-14(22)13-11(2-3-24-13)21-12(18-19-15(20)21)7-23-10-5-8(16)4-9(17)6-10/h2-6H,7H2,1H3. The summed E-state index contributed by atoms with van der Waals surface area (Å²) >= 11 is 13.3. The van der Waals surface area contributed by atoms with Crippen LogP contribution in [0.1, 0.15) is 5.82 Å². The summed E-state index contributed by atoms with van der Waals surface area (Å²) in [7, 11) is 1.67. The summed E-state index contributed by atoms with van der Waals surface area (Å²) in [6.45, 7) is 0.168. The first kappa shape index (κ1) is 15.4. The molecule has 0 saturated heterocycles. The van der Waals surface area contributed by atoms with E-state index in [1.165, 1.54) is 15.9 Å². The van der Waals surface area contributed by atoms with Crippen LogP contribution >= 0.6 is 34.5 Å². The Hall–Kier alpha value is -2.09. The number of nitrogens with zero attached hydrogens (tertiary/aromatic N) is 4. The second-order valence-electron chi connectivity index (χ2n) is 5.14. The summed E-state index contributed by atoms with van der Waals surface area (Å²) in [6.07, 6.45) is 0. The fourth-order valence-electron chi connectivity index (χ4n) is 2.51. The van der Waals surface area contributed by atoms with Crippen molar-refractivity contribution in [1.29, 1.82) is 0 Å². The second kappa shape index (κ2) is 5.77. The molecule has 1 aromatic carbocycles. The number of hydrogen-bond acceptors (Lipinski definition) is 5. The molecule has 122 valence electrons. The smallest absolute Gasteiger partial charge is 0.272 e. The third-order valence-electron chi connectivity index (χ3n) is 3.60. The first-order chi connectivity index (χ1) is 11.5. The molecule has 0 aliphatic carbocycles. The van der Waals surface area contributed by atoms with Crippen LogP contribution in [-0.2, 0) is 13.7 Å². The van der Waals surface area contributed by atoms with Crippen molar-refractivity contribution in [3.63, 3.8) is 0 Å².